The van der Waals surface area contributed by atoms with Gasteiger partial charge in [-0.25, -0.2) is 0 Å². The van der Waals surface area contributed by atoms with E-state index in [0.29, 0.717) is 22.7 Å². The second-order valence-electron chi connectivity index (χ2n) is 7.47. The highest BCUT2D eigenvalue weighted by Gasteiger charge is 2.31. The molecule has 2 amide bonds. The molecule has 1 N–H and O–H groups in total. The maximum Gasteiger partial charge on any atom is 0.416 e. The predicted octanol–water partition coefficient (Wildman–Crippen LogP) is 4.64. The lowest BCUT2D eigenvalue weighted by Crippen LogP contribution is -2.44. The van der Waals surface area contributed by atoms with Gasteiger partial charge >= 0.3 is 6.18 Å². The van der Waals surface area contributed by atoms with Crippen LogP contribution in [0.15, 0.2) is 58.3 Å². The first-order valence-corrected chi connectivity index (χ1v) is 11.5. The summed E-state index contributed by atoms with van der Waals surface area (Å²) in [5.41, 5.74) is 0.360. The Labute approximate surface area is 195 Å². The molecule has 0 atom stereocenters. The first kappa shape index (κ1) is 24.9. The number of nitrogens with one attached hydrogen (secondary N) is 1. The van der Waals surface area contributed by atoms with Crippen LogP contribution in [-0.2, 0) is 15.8 Å². The van der Waals surface area contributed by atoms with E-state index in [4.69, 9.17) is 0 Å². The van der Waals surface area contributed by atoms with Gasteiger partial charge in [0.1, 0.15) is 6.54 Å². The number of para-hydroxylation sites is 1. The third-order valence-electron chi connectivity index (χ3n) is 5.31. The van der Waals surface area contributed by atoms with Gasteiger partial charge in [0, 0.05) is 18.0 Å². The van der Waals surface area contributed by atoms with Crippen LogP contribution in [0.3, 0.4) is 0 Å². The minimum atomic E-state index is -4.42. The van der Waals surface area contributed by atoms with Crippen molar-refractivity contribution in [3.8, 4) is 0 Å². The summed E-state index contributed by atoms with van der Waals surface area (Å²) >= 11 is 1.24. The van der Waals surface area contributed by atoms with E-state index in [0.717, 1.165) is 36.7 Å². The first-order chi connectivity index (χ1) is 15.7. The Morgan fingerprint density at radius 1 is 1.09 bits per heavy atom. The van der Waals surface area contributed by atoms with Gasteiger partial charge < -0.3 is 10.2 Å². The van der Waals surface area contributed by atoms with Gasteiger partial charge in [-0.3, -0.25) is 14.5 Å². The average Bonchev–Trinajstić information content (AvgIpc) is 2.79. The van der Waals surface area contributed by atoms with E-state index in [1.165, 1.54) is 28.8 Å². The first-order valence-electron chi connectivity index (χ1n) is 10.7. The molecule has 2 aromatic carbocycles. The number of fused-ring (bicyclic) bond motifs is 1. The molecule has 1 heterocycles. The van der Waals surface area contributed by atoms with Gasteiger partial charge in [0.05, 0.1) is 16.2 Å². The quantitative estimate of drug-likeness (QED) is 0.563. The number of carbonyl (C=O) groups excluding carboxylic acids is 2. The van der Waals surface area contributed by atoms with Crippen molar-refractivity contribution >= 4 is 35.3 Å². The summed E-state index contributed by atoms with van der Waals surface area (Å²) in [5.74, 6) is -0.636. The summed E-state index contributed by atoms with van der Waals surface area (Å²) < 4.78 is 38.5. The highest BCUT2D eigenvalue weighted by molar-refractivity contribution is 8.04. The van der Waals surface area contributed by atoms with E-state index in [2.05, 4.69) is 24.1 Å². The van der Waals surface area contributed by atoms with Crippen LogP contribution >= 0.6 is 11.8 Å². The van der Waals surface area contributed by atoms with E-state index in [1.807, 2.05) is 12.1 Å². The maximum atomic E-state index is 13.2. The lowest BCUT2D eigenvalue weighted by atomic mass is 10.1. The number of thioether (sulfide) groups is 1. The molecule has 0 saturated heterocycles. The zero-order valence-corrected chi connectivity index (χ0v) is 19.3. The average molecular weight is 478 g/mol. The largest absolute Gasteiger partial charge is 0.416 e. The van der Waals surface area contributed by atoms with Crippen molar-refractivity contribution in [2.24, 2.45) is 0 Å². The number of hydrogen-bond donors (Lipinski definition) is 1. The number of halogens is 3. The van der Waals surface area contributed by atoms with E-state index in [-0.39, 0.29) is 18.4 Å². The van der Waals surface area contributed by atoms with Crippen molar-refractivity contribution in [3.05, 3.63) is 64.6 Å². The van der Waals surface area contributed by atoms with Gasteiger partial charge in [-0.1, -0.05) is 49.9 Å². The van der Waals surface area contributed by atoms with Crippen LogP contribution in [0.1, 0.15) is 25.0 Å². The molecule has 33 heavy (non-hydrogen) atoms. The maximum absolute atomic E-state index is 13.2. The van der Waals surface area contributed by atoms with Crippen LogP contribution in [0.4, 0.5) is 18.9 Å². The molecule has 9 heteroatoms. The number of rotatable bonds is 8. The van der Waals surface area contributed by atoms with Crippen molar-refractivity contribution in [2.75, 3.05) is 37.6 Å². The van der Waals surface area contributed by atoms with Crippen molar-refractivity contribution < 1.29 is 22.8 Å². The molecule has 176 valence electrons. The number of hydrogen-bond acceptors (Lipinski definition) is 4. The molecule has 1 aliphatic heterocycles. The topological polar surface area (TPSA) is 52.7 Å². The van der Waals surface area contributed by atoms with Crippen LogP contribution in [0.2, 0.25) is 0 Å². The summed E-state index contributed by atoms with van der Waals surface area (Å²) in [7, 11) is 0. The third kappa shape index (κ3) is 6.39. The fourth-order valence-electron chi connectivity index (χ4n) is 3.43. The molecule has 0 aromatic heterocycles. The molecule has 1 aliphatic rings. The molecule has 0 aliphatic carbocycles. The summed E-state index contributed by atoms with van der Waals surface area (Å²) in [4.78, 5) is 30.5. The number of likely N-dealkylation sites (N-methyl/N-ethyl adjacent to an activating group) is 1. The normalized spacial score (nSPS) is 15.2. The number of alkyl halides is 3. The van der Waals surface area contributed by atoms with Crippen LogP contribution in [-0.4, -0.2) is 49.4 Å². The molecule has 3 rings (SSSR count). The van der Waals surface area contributed by atoms with Crippen molar-refractivity contribution in [3.63, 3.8) is 0 Å². The minimum absolute atomic E-state index is 0.140. The highest BCUT2D eigenvalue weighted by atomic mass is 32.2. The summed E-state index contributed by atoms with van der Waals surface area (Å²) in [5, 5.41) is 2.86. The second-order valence-corrected chi connectivity index (χ2v) is 8.55. The van der Waals surface area contributed by atoms with Gasteiger partial charge in [-0.15, -0.1) is 0 Å². The fourth-order valence-corrected chi connectivity index (χ4v) is 4.49. The number of carbonyl (C=O) groups is 2. The Hall–Kier alpha value is -2.78. The van der Waals surface area contributed by atoms with Crippen molar-refractivity contribution in [1.29, 1.82) is 0 Å². The molecule has 5 nitrogen and oxygen atoms in total. The number of benzene rings is 2. The number of amides is 2. The fraction of sp³-hybridized carbons (Fsp3) is 0.333. The van der Waals surface area contributed by atoms with Crippen LogP contribution < -0.4 is 10.2 Å². The number of anilines is 1. The smallest absolute Gasteiger partial charge is 0.353 e. The molecule has 0 spiro atoms. The summed E-state index contributed by atoms with van der Waals surface area (Å²) in [6.45, 7) is 6.94. The zero-order chi connectivity index (χ0) is 24.0. The lowest BCUT2D eigenvalue weighted by Gasteiger charge is -2.30. The third-order valence-corrected chi connectivity index (χ3v) is 6.39. The van der Waals surface area contributed by atoms with Crippen molar-refractivity contribution in [2.45, 2.75) is 24.9 Å². The molecule has 0 radical (unpaired) electrons. The van der Waals surface area contributed by atoms with Gasteiger partial charge in [0.2, 0.25) is 5.91 Å². The Balaban J connectivity index is 1.77. The monoisotopic (exact) mass is 477 g/mol. The highest BCUT2D eigenvalue weighted by Crippen LogP contribution is 2.42. The lowest BCUT2D eigenvalue weighted by molar-refractivity contribution is -0.137. The molecular weight excluding hydrogens is 451 g/mol. The summed E-state index contributed by atoms with van der Waals surface area (Å²) in [6.07, 6.45) is -2.87. The van der Waals surface area contributed by atoms with E-state index < -0.39 is 11.7 Å². The zero-order valence-electron chi connectivity index (χ0n) is 18.5. The van der Waals surface area contributed by atoms with Gasteiger partial charge in [-0.05, 0) is 49.0 Å². The Kier molecular flexibility index (Phi) is 8.20. The predicted molar refractivity (Wildman–Crippen MR) is 125 cm³/mol. The summed E-state index contributed by atoms with van der Waals surface area (Å²) in [6, 6.07) is 11.9. The standard InChI is InChI=1S/C24H26F3N3O2S/c1-3-29(4-2)14-13-28-22(31)16-30-19-7-5-6-8-20(19)33-21(23(30)32)15-17-9-11-18(12-10-17)24(25,26)27/h5-12,15H,3-4,13-14,16H2,1-2H3,(H,28,31)/b21-15-. The molecule has 0 bridgehead atoms. The van der Waals surface area contributed by atoms with E-state index in [1.54, 1.807) is 18.2 Å². The van der Waals surface area contributed by atoms with Gasteiger partial charge in [0.25, 0.3) is 5.91 Å². The molecular formula is C24H26F3N3O2S. The molecule has 0 saturated carbocycles. The SMILES string of the molecule is CCN(CC)CCNC(=O)CN1C(=O)/C(=C/c2ccc(C(F)(F)F)cc2)Sc2ccccc21. The second kappa shape index (κ2) is 10.9. The minimum Gasteiger partial charge on any atom is -0.353 e. The van der Waals surface area contributed by atoms with Crippen LogP contribution in [0, 0.1) is 0 Å². The molecule has 2 aromatic rings. The molecule has 0 fully saturated rings. The Bertz CT molecular complexity index is 1020. The van der Waals surface area contributed by atoms with Crippen LogP contribution in [0.5, 0.6) is 0 Å². The van der Waals surface area contributed by atoms with Crippen LogP contribution in [0.25, 0.3) is 6.08 Å². The van der Waals surface area contributed by atoms with Gasteiger partial charge in [-0.2, -0.15) is 13.2 Å². The van der Waals surface area contributed by atoms with E-state index in [9.17, 15) is 22.8 Å². The Morgan fingerprint density at radius 2 is 1.76 bits per heavy atom. The Morgan fingerprint density at radius 3 is 2.39 bits per heavy atom. The molecule has 0 unspecified atom stereocenters. The van der Waals surface area contributed by atoms with E-state index >= 15 is 0 Å². The van der Waals surface area contributed by atoms with Gasteiger partial charge in [0.15, 0.2) is 0 Å². The van der Waals surface area contributed by atoms with Crippen molar-refractivity contribution in [1.82, 2.24) is 10.2 Å². The number of nitrogens with zero attached hydrogens (tertiary/aromatic N) is 2.